The van der Waals surface area contributed by atoms with E-state index in [1.165, 1.54) is 12.1 Å². The Hall–Kier alpha value is -2.66. The van der Waals surface area contributed by atoms with E-state index in [4.69, 9.17) is 14.0 Å². The monoisotopic (exact) mass is 484 g/mol. The molecule has 3 aliphatic rings. The third-order valence-corrected chi connectivity index (χ3v) is 7.46. The molecule has 0 spiro atoms. The van der Waals surface area contributed by atoms with E-state index in [0.717, 1.165) is 43.4 Å². The molecule has 2 saturated heterocycles. The fourth-order valence-corrected chi connectivity index (χ4v) is 5.45. The number of aromatic nitrogens is 3. The van der Waals surface area contributed by atoms with Gasteiger partial charge in [0.25, 0.3) is 5.56 Å². The standard InChI is InChI=1S/C25H29FN4O5/c1-14-17(23(32)30-9-2-3-19(31)22(30)27-14)8-12-33-25-24(34-25)29-10-6-15(7-11-29)21-18-5-4-16(26)13-20(18)35-28-21/h4-5,13,15,19,24-25,31H,2-3,6-12H2,1H3. The van der Waals surface area contributed by atoms with Gasteiger partial charge >= 0.3 is 0 Å². The number of rotatable bonds is 6. The average Bonchev–Trinajstić information content (AvgIpc) is 3.51. The molecular formula is C25H29FN4O5. The quantitative estimate of drug-likeness (QED) is 0.533. The number of hydrogen-bond donors (Lipinski definition) is 1. The molecule has 3 aliphatic heterocycles. The zero-order chi connectivity index (χ0) is 24.1. The zero-order valence-electron chi connectivity index (χ0n) is 19.7. The highest BCUT2D eigenvalue weighted by Crippen LogP contribution is 2.36. The minimum atomic E-state index is -0.670. The predicted molar refractivity (Wildman–Crippen MR) is 123 cm³/mol. The molecule has 0 bridgehead atoms. The SMILES string of the molecule is Cc1nc2n(c(=O)c1CCOC1OC1N1CCC(c3noc4cc(F)ccc34)CC1)CCCC2O. The van der Waals surface area contributed by atoms with Gasteiger partial charge in [0.2, 0.25) is 0 Å². The van der Waals surface area contributed by atoms with E-state index >= 15 is 0 Å². The molecule has 10 heteroatoms. The largest absolute Gasteiger partial charge is 0.385 e. The van der Waals surface area contributed by atoms with Crippen molar-refractivity contribution in [1.29, 1.82) is 0 Å². The van der Waals surface area contributed by atoms with Gasteiger partial charge in [-0.05, 0) is 44.7 Å². The number of halogens is 1. The third-order valence-electron chi connectivity index (χ3n) is 7.46. The number of likely N-dealkylation sites (tertiary alicyclic amines) is 1. The Morgan fingerprint density at radius 1 is 1.23 bits per heavy atom. The van der Waals surface area contributed by atoms with Crippen molar-refractivity contribution in [3.63, 3.8) is 0 Å². The Kier molecular flexibility index (Phi) is 5.92. The first-order valence-electron chi connectivity index (χ1n) is 12.3. The van der Waals surface area contributed by atoms with Gasteiger partial charge in [0.15, 0.2) is 18.1 Å². The molecule has 0 aliphatic carbocycles. The minimum Gasteiger partial charge on any atom is -0.385 e. The van der Waals surface area contributed by atoms with Crippen molar-refractivity contribution in [2.24, 2.45) is 0 Å². The second-order valence-corrected chi connectivity index (χ2v) is 9.68. The van der Waals surface area contributed by atoms with E-state index in [0.29, 0.717) is 48.7 Å². The summed E-state index contributed by atoms with van der Waals surface area (Å²) in [7, 11) is 0. The van der Waals surface area contributed by atoms with E-state index in [-0.39, 0.29) is 29.8 Å². The Bertz CT molecular complexity index is 1300. The lowest BCUT2D eigenvalue weighted by Gasteiger charge is -2.29. The highest BCUT2D eigenvalue weighted by Gasteiger charge is 2.46. The number of piperidine rings is 1. The van der Waals surface area contributed by atoms with Crippen LogP contribution in [-0.2, 0) is 22.4 Å². The van der Waals surface area contributed by atoms with Gasteiger partial charge < -0.3 is 19.1 Å². The molecule has 0 saturated carbocycles. The highest BCUT2D eigenvalue weighted by atomic mass is 19.1. The van der Waals surface area contributed by atoms with Gasteiger partial charge in [0.1, 0.15) is 17.7 Å². The molecule has 186 valence electrons. The number of ether oxygens (including phenoxy) is 2. The van der Waals surface area contributed by atoms with Crippen molar-refractivity contribution < 1.29 is 23.5 Å². The molecule has 0 radical (unpaired) electrons. The number of fused-ring (bicyclic) bond motifs is 2. The number of aryl methyl sites for hydroxylation is 1. The molecule has 2 fully saturated rings. The fraction of sp³-hybridized carbons (Fsp3) is 0.560. The number of nitrogens with zero attached hydrogens (tertiary/aromatic N) is 4. The predicted octanol–water partition coefficient (Wildman–Crippen LogP) is 2.78. The van der Waals surface area contributed by atoms with Crippen molar-refractivity contribution in [3.05, 3.63) is 57.1 Å². The number of aliphatic hydroxyl groups excluding tert-OH is 1. The number of hydrogen-bond acceptors (Lipinski definition) is 8. The molecule has 1 aromatic carbocycles. The maximum absolute atomic E-state index is 13.4. The molecule has 2 aromatic heterocycles. The van der Waals surface area contributed by atoms with Crippen molar-refractivity contribution >= 4 is 11.0 Å². The highest BCUT2D eigenvalue weighted by molar-refractivity contribution is 5.79. The van der Waals surface area contributed by atoms with Crippen LogP contribution in [0.25, 0.3) is 11.0 Å². The third kappa shape index (κ3) is 4.29. The second kappa shape index (κ2) is 9.09. The van der Waals surface area contributed by atoms with Crippen molar-refractivity contribution in [3.8, 4) is 0 Å². The van der Waals surface area contributed by atoms with E-state index in [1.54, 1.807) is 10.6 Å². The summed E-state index contributed by atoms with van der Waals surface area (Å²) in [5, 5.41) is 15.2. The van der Waals surface area contributed by atoms with Crippen LogP contribution in [0.15, 0.2) is 27.5 Å². The van der Waals surface area contributed by atoms with Gasteiger partial charge in [-0.25, -0.2) is 9.37 Å². The summed E-state index contributed by atoms with van der Waals surface area (Å²) in [6, 6.07) is 4.56. The smallest absolute Gasteiger partial charge is 0.257 e. The fourth-order valence-electron chi connectivity index (χ4n) is 5.45. The van der Waals surface area contributed by atoms with Gasteiger partial charge in [-0.2, -0.15) is 0 Å². The van der Waals surface area contributed by atoms with Crippen LogP contribution in [0.1, 0.15) is 60.5 Å². The maximum Gasteiger partial charge on any atom is 0.257 e. The van der Waals surface area contributed by atoms with E-state index in [2.05, 4.69) is 15.0 Å². The van der Waals surface area contributed by atoms with E-state index in [1.807, 2.05) is 6.92 Å². The molecule has 0 amide bonds. The summed E-state index contributed by atoms with van der Waals surface area (Å²) in [6.07, 6.45) is 2.66. The maximum atomic E-state index is 13.4. The van der Waals surface area contributed by atoms with Gasteiger partial charge in [0.05, 0.1) is 12.3 Å². The lowest BCUT2D eigenvalue weighted by Crippen LogP contribution is -2.36. The van der Waals surface area contributed by atoms with Gasteiger partial charge in [-0.15, -0.1) is 0 Å². The molecule has 9 nitrogen and oxygen atoms in total. The van der Waals surface area contributed by atoms with Crippen LogP contribution < -0.4 is 5.56 Å². The van der Waals surface area contributed by atoms with Crippen molar-refractivity contribution in [1.82, 2.24) is 19.6 Å². The normalized spacial score (nSPS) is 25.2. The first kappa shape index (κ1) is 22.8. The summed E-state index contributed by atoms with van der Waals surface area (Å²) in [4.78, 5) is 19.7. The van der Waals surface area contributed by atoms with Crippen LogP contribution in [0.3, 0.4) is 0 Å². The van der Waals surface area contributed by atoms with E-state index < -0.39 is 6.10 Å². The van der Waals surface area contributed by atoms with Crippen LogP contribution in [0, 0.1) is 12.7 Å². The van der Waals surface area contributed by atoms with Crippen molar-refractivity contribution in [2.45, 2.75) is 70.1 Å². The number of aliphatic hydroxyl groups is 1. The molecular weight excluding hydrogens is 455 g/mol. The first-order valence-corrected chi connectivity index (χ1v) is 12.3. The Balaban J connectivity index is 1.01. The van der Waals surface area contributed by atoms with Gasteiger partial charge in [-0.3, -0.25) is 14.3 Å². The summed E-state index contributed by atoms with van der Waals surface area (Å²) in [5.41, 5.74) is 2.61. The number of epoxide rings is 1. The first-order chi connectivity index (χ1) is 17.0. The molecule has 3 unspecified atom stereocenters. The Morgan fingerprint density at radius 3 is 2.89 bits per heavy atom. The summed E-state index contributed by atoms with van der Waals surface area (Å²) in [5.74, 6) is 0.416. The molecule has 3 atom stereocenters. The van der Waals surface area contributed by atoms with Gasteiger partial charge in [-0.1, -0.05) is 5.16 Å². The van der Waals surface area contributed by atoms with Gasteiger partial charge in [0, 0.05) is 54.7 Å². The minimum absolute atomic E-state index is 0.0712. The topological polar surface area (TPSA) is 106 Å². The zero-order valence-corrected chi connectivity index (χ0v) is 19.7. The van der Waals surface area contributed by atoms with Crippen LogP contribution in [-0.4, -0.2) is 56.9 Å². The lowest BCUT2D eigenvalue weighted by atomic mass is 9.91. The summed E-state index contributed by atoms with van der Waals surface area (Å²) < 4.78 is 32.0. The van der Waals surface area contributed by atoms with Crippen LogP contribution in [0.4, 0.5) is 4.39 Å². The Morgan fingerprint density at radius 2 is 2.06 bits per heavy atom. The molecule has 3 aromatic rings. The number of benzene rings is 1. The van der Waals surface area contributed by atoms with Crippen LogP contribution in [0.2, 0.25) is 0 Å². The second-order valence-electron chi connectivity index (χ2n) is 9.68. The summed E-state index contributed by atoms with van der Waals surface area (Å²) in [6.45, 7) is 4.48. The average molecular weight is 485 g/mol. The lowest BCUT2D eigenvalue weighted by molar-refractivity contribution is 0.0517. The molecule has 1 N–H and O–H groups in total. The molecule has 5 heterocycles. The van der Waals surface area contributed by atoms with Crippen molar-refractivity contribution in [2.75, 3.05) is 19.7 Å². The van der Waals surface area contributed by atoms with Crippen LogP contribution >= 0.6 is 0 Å². The molecule has 6 rings (SSSR count). The summed E-state index contributed by atoms with van der Waals surface area (Å²) >= 11 is 0. The van der Waals surface area contributed by atoms with Crippen LogP contribution in [0.5, 0.6) is 0 Å². The Labute approximate surface area is 201 Å². The molecule has 35 heavy (non-hydrogen) atoms. The van der Waals surface area contributed by atoms with E-state index in [9.17, 15) is 14.3 Å².